The number of quaternary nitrogens is 1. The molecule has 0 aliphatic heterocycles. The fourth-order valence-corrected chi connectivity index (χ4v) is 0.628. The molecule has 0 unspecified atom stereocenters. The molecule has 0 aliphatic carbocycles. The quantitative estimate of drug-likeness (QED) is 0.202. The maximum atomic E-state index is 12.3. The molecule has 0 aromatic rings. The van der Waals surface area contributed by atoms with E-state index in [4.69, 9.17) is 11.5 Å². The molecular weight excluding hydrogens is 191 g/mol. The predicted molar refractivity (Wildman–Crippen MR) is 45.0 cm³/mol. The third-order valence-corrected chi connectivity index (χ3v) is 1.51. The predicted octanol–water partition coefficient (Wildman–Crippen LogP) is -5.40. The lowest BCUT2D eigenvalue weighted by Crippen LogP contribution is -2.80. The summed E-state index contributed by atoms with van der Waals surface area (Å²) in [4.78, 5) is 12.9. The van der Waals surface area contributed by atoms with Crippen molar-refractivity contribution in [2.24, 2.45) is 11.5 Å². The first kappa shape index (κ1) is 12.4. The zero-order valence-electron chi connectivity index (χ0n) is 7.63. The second kappa shape index (κ2) is 5.18. The van der Waals surface area contributed by atoms with E-state index in [1.54, 1.807) is 0 Å². The van der Waals surface area contributed by atoms with Crippen molar-refractivity contribution in [2.45, 2.75) is 5.54 Å². The number of hydrogen-bond acceptors (Lipinski definition) is 2. The summed E-state index contributed by atoms with van der Waals surface area (Å²) in [6, 6.07) is 0. The summed E-state index contributed by atoms with van der Waals surface area (Å²) in [5.74, 6) is -1.57. The summed E-state index contributed by atoms with van der Waals surface area (Å²) >= 11 is 0. The summed E-state index contributed by atoms with van der Waals surface area (Å²) in [6.07, 6.45) is 2.46. The van der Waals surface area contributed by atoms with Crippen molar-refractivity contribution in [3.05, 3.63) is 12.2 Å². The topological polar surface area (TPSA) is 134 Å². The number of carboxylic acid groups (broad SMARTS) is 1. The highest BCUT2D eigenvalue weighted by atomic mass is 19.1. The second-order valence-electron chi connectivity index (χ2n) is 2.82. The number of nitrogens with one attached hydrogen (secondary N) is 1. The molecule has 0 aromatic carbocycles. The average molecular weight is 205 g/mol. The number of hydrogen-bond donors (Lipinski definition) is 4. The minimum atomic E-state index is -1.84. The van der Waals surface area contributed by atoms with Crippen LogP contribution in [0.25, 0.3) is 0 Å². The van der Waals surface area contributed by atoms with Crippen molar-refractivity contribution in [3.8, 4) is 0 Å². The summed E-state index contributed by atoms with van der Waals surface area (Å²) in [5, 5.41) is 10.4. The molecule has 0 bridgehead atoms. The van der Waals surface area contributed by atoms with E-state index in [2.05, 4.69) is 10.7 Å². The Morgan fingerprint density at radius 1 is 1.64 bits per heavy atom. The molecule has 0 aliphatic rings. The van der Waals surface area contributed by atoms with E-state index in [1.165, 1.54) is 6.08 Å². The Hall–Kier alpha value is -1.63. The zero-order chi connectivity index (χ0) is 11.2. The fraction of sp³-hybridized carbons (Fsp3) is 0.429. The Morgan fingerprint density at radius 2 is 2.21 bits per heavy atom. The third-order valence-electron chi connectivity index (χ3n) is 1.51. The summed E-state index contributed by atoms with van der Waals surface area (Å²) in [6.45, 7) is -0.930. The number of alkyl halides is 1. The molecule has 0 rings (SSSR count). The van der Waals surface area contributed by atoms with Crippen LogP contribution >= 0.6 is 0 Å². The lowest BCUT2D eigenvalue weighted by atomic mass is 10.0. The first-order chi connectivity index (χ1) is 6.42. The van der Waals surface area contributed by atoms with Gasteiger partial charge in [-0.15, -0.1) is 0 Å². The first-order valence-electron chi connectivity index (χ1n) is 3.84. The van der Waals surface area contributed by atoms with Crippen LogP contribution in [-0.2, 0) is 4.79 Å². The number of aliphatic carboxylic acids is 1. The standard InChI is InChI=1S/C7H13FN4O2/c8-4-7(11,5(13)14)2-1-3-12-6(9)10/h1-2H,3-4,11H2,(H,13,14)(H4,9,10,12)/p+1/b2-1+/t7-/m1/s1. The highest BCUT2D eigenvalue weighted by molar-refractivity contribution is 5.77. The van der Waals surface area contributed by atoms with Crippen molar-refractivity contribution in [1.29, 1.82) is 0 Å². The summed E-state index contributed by atoms with van der Waals surface area (Å²) in [5.41, 5.74) is 11.5. The van der Waals surface area contributed by atoms with Gasteiger partial charge in [0, 0.05) is 0 Å². The second-order valence-corrected chi connectivity index (χ2v) is 2.82. The van der Waals surface area contributed by atoms with E-state index < -0.39 is 18.2 Å². The van der Waals surface area contributed by atoms with Crippen LogP contribution in [0.2, 0.25) is 0 Å². The van der Waals surface area contributed by atoms with E-state index >= 15 is 0 Å². The van der Waals surface area contributed by atoms with Crippen molar-refractivity contribution in [1.82, 2.24) is 0 Å². The van der Waals surface area contributed by atoms with Crippen LogP contribution in [0.3, 0.4) is 0 Å². The Bertz CT molecular complexity index is 262. The largest absolute Gasteiger partial charge is 0.543 e. The lowest BCUT2D eigenvalue weighted by Gasteiger charge is -2.18. The van der Waals surface area contributed by atoms with E-state index in [0.717, 1.165) is 6.08 Å². The number of halogens is 1. The molecular formula is C7H14FN4O2+. The van der Waals surface area contributed by atoms with Gasteiger partial charge in [-0.05, 0) is 12.2 Å². The van der Waals surface area contributed by atoms with Crippen molar-refractivity contribution in [3.63, 3.8) is 0 Å². The Balaban J connectivity index is 4.32. The highest BCUT2D eigenvalue weighted by Gasteiger charge is 2.27. The van der Waals surface area contributed by atoms with Gasteiger partial charge in [0.05, 0.1) is 6.54 Å². The van der Waals surface area contributed by atoms with Gasteiger partial charge in [0.1, 0.15) is 5.97 Å². The monoisotopic (exact) mass is 205 g/mol. The average Bonchev–Trinajstić information content (AvgIpc) is 2.11. The lowest BCUT2D eigenvalue weighted by molar-refractivity contribution is -0.472. The molecule has 0 amide bonds. The number of carbonyl (C=O) groups is 1. The van der Waals surface area contributed by atoms with Crippen LogP contribution in [-0.4, -0.2) is 30.7 Å². The molecule has 1 atom stereocenters. The Kier molecular flexibility index (Phi) is 4.57. The molecule has 0 saturated heterocycles. The van der Waals surface area contributed by atoms with Gasteiger partial charge in [0.15, 0.2) is 12.2 Å². The van der Waals surface area contributed by atoms with Gasteiger partial charge in [0.25, 0.3) is 0 Å². The number of nitrogens with two attached hydrogens (primary N) is 2. The van der Waals surface area contributed by atoms with Crippen LogP contribution in [0.15, 0.2) is 12.2 Å². The van der Waals surface area contributed by atoms with Gasteiger partial charge in [-0.25, -0.2) is 4.39 Å². The number of rotatable bonds is 5. The van der Waals surface area contributed by atoms with Crippen LogP contribution < -0.4 is 27.3 Å². The smallest absolute Gasteiger partial charge is 0.339 e. The molecule has 14 heavy (non-hydrogen) atoms. The first-order valence-corrected chi connectivity index (χ1v) is 3.84. The number of carboxylic acids is 1. The SMILES string of the molecule is NC(N)=[NH+]C/C=C/[C@@]([NH3+])(CF)C(=O)[O-]. The van der Waals surface area contributed by atoms with Gasteiger partial charge in [0.2, 0.25) is 0 Å². The maximum absolute atomic E-state index is 12.3. The molecule has 0 radical (unpaired) electrons. The van der Waals surface area contributed by atoms with E-state index in [9.17, 15) is 14.3 Å². The highest BCUT2D eigenvalue weighted by Crippen LogP contribution is 1.98. The molecule has 0 fully saturated rings. The van der Waals surface area contributed by atoms with Crippen LogP contribution in [0, 0.1) is 0 Å². The maximum Gasteiger partial charge on any atom is 0.339 e. The van der Waals surface area contributed by atoms with Crippen molar-refractivity contribution >= 4 is 11.9 Å². The van der Waals surface area contributed by atoms with Gasteiger partial charge >= 0.3 is 5.96 Å². The van der Waals surface area contributed by atoms with Gasteiger partial charge in [-0.1, -0.05) is 0 Å². The molecule has 80 valence electrons. The molecule has 7 heteroatoms. The number of carbonyl (C=O) groups excluding carboxylic acids is 1. The molecule has 0 spiro atoms. The molecule has 0 heterocycles. The van der Waals surface area contributed by atoms with Gasteiger partial charge in [-0.3, -0.25) is 16.5 Å². The van der Waals surface area contributed by atoms with E-state index in [0.29, 0.717) is 0 Å². The van der Waals surface area contributed by atoms with Crippen molar-refractivity contribution < 1.29 is 25.0 Å². The zero-order valence-corrected chi connectivity index (χ0v) is 7.63. The van der Waals surface area contributed by atoms with Crippen LogP contribution in [0.1, 0.15) is 0 Å². The fourth-order valence-electron chi connectivity index (χ4n) is 0.628. The van der Waals surface area contributed by atoms with Crippen LogP contribution in [0.4, 0.5) is 4.39 Å². The van der Waals surface area contributed by atoms with Gasteiger partial charge in [-0.2, -0.15) is 0 Å². The van der Waals surface area contributed by atoms with Crippen LogP contribution in [0.5, 0.6) is 0 Å². The summed E-state index contributed by atoms with van der Waals surface area (Å²) < 4.78 is 12.3. The third kappa shape index (κ3) is 3.85. The molecule has 0 saturated carbocycles. The normalized spacial score (nSPS) is 15.0. The molecule has 0 aromatic heterocycles. The number of guanidine groups is 1. The van der Waals surface area contributed by atoms with Gasteiger partial charge < -0.3 is 15.6 Å². The summed E-state index contributed by atoms with van der Waals surface area (Å²) in [7, 11) is 0. The van der Waals surface area contributed by atoms with E-state index in [-0.39, 0.29) is 12.5 Å². The Morgan fingerprint density at radius 3 is 2.57 bits per heavy atom. The molecule has 6 nitrogen and oxygen atoms in total. The van der Waals surface area contributed by atoms with Crippen molar-refractivity contribution in [2.75, 3.05) is 13.2 Å². The molecule has 8 N–H and O–H groups in total. The Labute approximate surface area is 80.3 Å². The minimum Gasteiger partial charge on any atom is -0.543 e. The van der Waals surface area contributed by atoms with E-state index in [1.807, 2.05) is 0 Å². The minimum absolute atomic E-state index is 0.00184.